The Bertz CT molecular complexity index is 516. The summed E-state index contributed by atoms with van der Waals surface area (Å²) in [5.74, 6) is 2.13. The Labute approximate surface area is 144 Å². The lowest BCUT2D eigenvalue weighted by Crippen LogP contribution is -2.42. The van der Waals surface area contributed by atoms with Crippen molar-refractivity contribution < 1.29 is 4.79 Å². The third kappa shape index (κ3) is 5.57. The highest BCUT2D eigenvalue weighted by Gasteiger charge is 2.22. The van der Waals surface area contributed by atoms with Crippen molar-refractivity contribution in [2.24, 2.45) is 17.8 Å². The van der Waals surface area contributed by atoms with E-state index in [0.29, 0.717) is 5.92 Å². The summed E-state index contributed by atoms with van der Waals surface area (Å²) in [5.41, 5.74) is 0.864. The second kappa shape index (κ2) is 8.25. The van der Waals surface area contributed by atoms with E-state index in [1.807, 2.05) is 6.92 Å². The van der Waals surface area contributed by atoms with Gasteiger partial charge >= 0.3 is 0 Å². The van der Waals surface area contributed by atoms with E-state index in [1.54, 1.807) is 11.3 Å². The molecule has 1 saturated heterocycles. The van der Waals surface area contributed by atoms with Gasteiger partial charge in [-0.15, -0.1) is 11.3 Å². The SMILES string of the molecule is Cc1nc(CC(C)C)sc1C(=O)NCCN1CC(C)CC(C)C1. The summed E-state index contributed by atoms with van der Waals surface area (Å²) in [5, 5.41) is 4.14. The first-order valence-electron chi connectivity index (χ1n) is 8.82. The number of aromatic nitrogens is 1. The summed E-state index contributed by atoms with van der Waals surface area (Å²) < 4.78 is 0. The molecule has 23 heavy (non-hydrogen) atoms. The lowest BCUT2D eigenvalue weighted by atomic mass is 9.92. The smallest absolute Gasteiger partial charge is 0.263 e. The molecule has 130 valence electrons. The molecule has 1 aromatic heterocycles. The molecular formula is C18H31N3OS. The van der Waals surface area contributed by atoms with Gasteiger partial charge in [-0.05, 0) is 31.1 Å². The molecule has 2 unspecified atom stereocenters. The molecule has 1 fully saturated rings. The Morgan fingerprint density at radius 2 is 2.00 bits per heavy atom. The second-order valence-corrected chi connectivity index (χ2v) is 8.67. The predicted octanol–water partition coefficient (Wildman–Crippen LogP) is 3.36. The molecule has 1 amide bonds. The van der Waals surface area contributed by atoms with Crippen LogP contribution in [0.3, 0.4) is 0 Å². The van der Waals surface area contributed by atoms with E-state index in [2.05, 4.69) is 42.9 Å². The van der Waals surface area contributed by atoms with Crippen LogP contribution < -0.4 is 5.32 Å². The topological polar surface area (TPSA) is 45.2 Å². The molecule has 2 heterocycles. The summed E-state index contributed by atoms with van der Waals surface area (Å²) in [6.07, 6.45) is 2.27. The normalized spacial score (nSPS) is 22.5. The first kappa shape index (κ1) is 18.4. The molecule has 0 radical (unpaired) electrons. The predicted molar refractivity (Wildman–Crippen MR) is 97.1 cm³/mol. The van der Waals surface area contributed by atoms with Crippen LogP contribution in [0.1, 0.15) is 54.5 Å². The molecule has 1 aliphatic heterocycles. The van der Waals surface area contributed by atoms with E-state index >= 15 is 0 Å². The molecule has 2 atom stereocenters. The van der Waals surface area contributed by atoms with Gasteiger partial charge in [-0.2, -0.15) is 0 Å². The lowest BCUT2D eigenvalue weighted by molar-refractivity contribution is 0.0940. The van der Waals surface area contributed by atoms with Crippen molar-refractivity contribution in [2.45, 2.75) is 47.5 Å². The number of hydrogen-bond acceptors (Lipinski definition) is 4. The van der Waals surface area contributed by atoms with E-state index in [9.17, 15) is 4.79 Å². The monoisotopic (exact) mass is 337 g/mol. The van der Waals surface area contributed by atoms with Gasteiger partial charge in [0.25, 0.3) is 5.91 Å². The fraction of sp³-hybridized carbons (Fsp3) is 0.778. The Kier molecular flexibility index (Phi) is 6.60. The summed E-state index contributed by atoms with van der Waals surface area (Å²) in [7, 11) is 0. The molecule has 0 aromatic carbocycles. The number of carbonyl (C=O) groups excluding carboxylic acids is 1. The van der Waals surface area contributed by atoms with Gasteiger partial charge in [-0.3, -0.25) is 4.79 Å². The number of rotatable bonds is 6. The average molecular weight is 338 g/mol. The van der Waals surface area contributed by atoms with Gasteiger partial charge < -0.3 is 10.2 Å². The van der Waals surface area contributed by atoms with Crippen molar-refractivity contribution in [1.29, 1.82) is 0 Å². The highest BCUT2D eigenvalue weighted by molar-refractivity contribution is 7.13. The summed E-state index contributed by atoms with van der Waals surface area (Å²) in [6, 6.07) is 0. The van der Waals surface area contributed by atoms with E-state index in [0.717, 1.165) is 60.0 Å². The minimum atomic E-state index is 0.0353. The quantitative estimate of drug-likeness (QED) is 0.866. The first-order valence-corrected chi connectivity index (χ1v) is 9.63. The minimum Gasteiger partial charge on any atom is -0.350 e. The van der Waals surface area contributed by atoms with Crippen LogP contribution >= 0.6 is 11.3 Å². The molecular weight excluding hydrogens is 306 g/mol. The van der Waals surface area contributed by atoms with Gasteiger partial charge in [0, 0.05) is 32.6 Å². The van der Waals surface area contributed by atoms with Crippen molar-refractivity contribution >= 4 is 17.2 Å². The van der Waals surface area contributed by atoms with E-state index < -0.39 is 0 Å². The van der Waals surface area contributed by atoms with Crippen LogP contribution in [0.2, 0.25) is 0 Å². The van der Waals surface area contributed by atoms with Crippen LogP contribution in [0, 0.1) is 24.7 Å². The molecule has 4 nitrogen and oxygen atoms in total. The molecule has 0 bridgehead atoms. The zero-order chi connectivity index (χ0) is 17.0. The third-order valence-corrected chi connectivity index (χ3v) is 5.47. The molecule has 5 heteroatoms. The standard InChI is InChI=1S/C18H31N3OS/c1-12(2)8-16-20-15(5)17(23-16)18(22)19-6-7-21-10-13(3)9-14(4)11-21/h12-14H,6-11H2,1-5H3,(H,19,22). The zero-order valence-corrected chi connectivity index (χ0v) is 16.0. The van der Waals surface area contributed by atoms with Crippen molar-refractivity contribution in [2.75, 3.05) is 26.2 Å². The van der Waals surface area contributed by atoms with Crippen molar-refractivity contribution in [3.8, 4) is 0 Å². The van der Waals surface area contributed by atoms with Crippen molar-refractivity contribution in [1.82, 2.24) is 15.2 Å². The fourth-order valence-electron chi connectivity index (χ4n) is 3.48. The molecule has 1 aromatic rings. The van der Waals surface area contributed by atoms with Crippen LogP contribution in [0.25, 0.3) is 0 Å². The number of aryl methyl sites for hydroxylation is 1. The van der Waals surface area contributed by atoms with Gasteiger partial charge in [-0.25, -0.2) is 4.98 Å². The maximum absolute atomic E-state index is 12.4. The van der Waals surface area contributed by atoms with E-state index in [4.69, 9.17) is 0 Å². The highest BCUT2D eigenvalue weighted by Crippen LogP contribution is 2.21. The Morgan fingerprint density at radius 1 is 1.35 bits per heavy atom. The lowest BCUT2D eigenvalue weighted by Gasteiger charge is -2.34. The Morgan fingerprint density at radius 3 is 2.61 bits per heavy atom. The van der Waals surface area contributed by atoms with Crippen molar-refractivity contribution in [3.05, 3.63) is 15.6 Å². The fourth-order valence-corrected chi connectivity index (χ4v) is 4.68. The molecule has 1 aliphatic rings. The van der Waals surface area contributed by atoms with Gasteiger partial charge in [-0.1, -0.05) is 27.7 Å². The molecule has 2 rings (SSSR count). The number of nitrogens with zero attached hydrogens (tertiary/aromatic N) is 2. The zero-order valence-electron chi connectivity index (χ0n) is 15.2. The van der Waals surface area contributed by atoms with Gasteiger partial charge in [0.2, 0.25) is 0 Å². The maximum atomic E-state index is 12.4. The molecule has 0 saturated carbocycles. The number of piperidine rings is 1. The molecule has 0 aliphatic carbocycles. The van der Waals surface area contributed by atoms with Gasteiger partial charge in [0.15, 0.2) is 0 Å². The Hall–Kier alpha value is -0.940. The van der Waals surface area contributed by atoms with Gasteiger partial charge in [0.1, 0.15) is 4.88 Å². The van der Waals surface area contributed by atoms with E-state index in [-0.39, 0.29) is 5.91 Å². The number of amides is 1. The van der Waals surface area contributed by atoms with Crippen LogP contribution in [0.4, 0.5) is 0 Å². The third-order valence-electron chi connectivity index (χ3n) is 4.29. The van der Waals surface area contributed by atoms with Crippen LogP contribution in [-0.2, 0) is 6.42 Å². The highest BCUT2D eigenvalue weighted by atomic mass is 32.1. The summed E-state index contributed by atoms with van der Waals surface area (Å²) in [4.78, 5) is 20.2. The number of thiazole rings is 1. The number of likely N-dealkylation sites (tertiary alicyclic amines) is 1. The first-order chi connectivity index (χ1) is 10.8. The van der Waals surface area contributed by atoms with E-state index in [1.165, 1.54) is 6.42 Å². The summed E-state index contributed by atoms with van der Waals surface area (Å²) >= 11 is 1.55. The van der Waals surface area contributed by atoms with Crippen molar-refractivity contribution in [3.63, 3.8) is 0 Å². The molecule has 0 spiro atoms. The second-order valence-electron chi connectivity index (χ2n) is 7.58. The largest absolute Gasteiger partial charge is 0.350 e. The molecule has 1 N–H and O–H groups in total. The number of nitrogens with one attached hydrogen (secondary N) is 1. The average Bonchev–Trinajstić information content (AvgIpc) is 2.77. The maximum Gasteiger partial charge on any atom is 0.263 e. The number of carbonyl (C=O) groups is 1. The van der Waals surface area contributed by atoms with Crippen LogP contribution in [0.15, 0.2) is 0 Å². The van der Waals surface area contributed by atoms with Crippen LogP contribution in [0.5, 0.6) is 0 Å². The van der Waals surface area contributed by atoms with Crippen LogP contribution in [-0.4, -0.2) is 42.0 Å². The summed E-state index contributed by atoms with van der Waals surface area (Å²) in [6.45, 7) is 14.9. The number of hydrogen-bond donors (Lipinski definition) is 1. The van der Waals surface area contributed by atoms with Gasteiger partial charge in [0.05, 0.1) is 10.7 Å². The minimum absolute atomic E-state index is 0.0353. The Balaban J connectivity index is 1.82.